The second kappa shape index (κ2) is 6.53. The van der Waals surface area contributed by atoms with Crippen LogP contribution in [-0.2, 0) is 6.42 Å². The SMILES string of the molecule is CCOc1ccc(C(=O)Cc2cccc(F)c2Cl)cc1. The molecular formula is C16H14ClFO2. The molecule has 0 atom stereocenters. The summed E-state index contributed by atoms with van der Waals surface area (Å²) >= 11 is 5.84. The Morgan fingerprint density at radius 3 is 2.55 bits per heavy atom. The van der Waals surface area contributed by atoms with Crippen molar-refractivity contribution in [2.24, 2.45) is 0 Å². The molecule has 0 spiro atoms. The molecule has 0 fully saturated rings. The van der Waals surface area contributed by atoms with Crippen molar-refractivity contribution in [3.63, 3.8) is 0 Å². The maximum absolute atomic E-state index is 13.3. The molecule has 0 aliphatic rings. The summed E-state index contributed by atoms with van der Waals surface area (Å²) < 4.78 is 18.6. The number of ketones is 1. The highest BCUT2D eigenvalue weighted by molar-refractivity contribution is 6.31. The summed E-state index contributed by atoms with van der Waals surface area (Å²) in [4.78, 5) is 12.1. The van der Waals surface area contributed by atoms with Gasteiger partial charge in [-0.2, -0.15) is 0 Å². The molecule has 0 saturated carbocycles. The van der Waals surface area contributed by atoms with Gasteiger partial charge < -0.3 is 4.74 Å². The molecule has 4 heteroatoms. The number of rotatable bonds is 5. The minimum Gasteiger partial charge on any atom is -0.494 e. The van der Waals surface area contributed by atoms with Crippen LogP contribution in [0.3, 0.4) is 0 Å². The fourth-order valence-electron chi connectivity index (χ4n) is 1.86. The van der Waals surface area contributed by atoms with Crippen LogP contribution < -0.4 is 4.74 Å². The first-order chi connectivity index (χ1) is 9.61. The summed E-state index contributed by atoms with van der Waals surface area (Å²) in [5.74, 6) is 0.0945. The Balaban J connectivity index is 2.13. The van der Waals surface area contributed by atoms with E-state index in [4.69, 9.17) is 16.3 Å². The molecule has 0 aliphatic carbocycles. The van der Waals surface area contributed by atoms with Crippen LogP contribution in [0.25, 0.3) is 0 Å². The Hall–Kier alpha value is -1.87. The first-order valence-electron chi connectivity index (χ1n) is 6.30. The molecule has 20 heavy (non-hydrogen) atoms. The lowest BCUT2D eigenvalue weighted by molar-refractivity contribution is 0.0993. The van der Waals surface area contributed by atoms with Crippen LogP contribution in [0.5, 0.6) is 5.75 Å². The molecule has 0 aliphatic heterocycles. The van der Waals surface area contributed by atoms with Crippen molar-refractivity contribution in [3.8, 4) is 5.75 Å². The minimum absolute atomic E-state index is 0.00628. The maximum atomic E-state index is 13.3. The first kappa shape index (κ1) is 14.5. The number of carbonyl (C=O) groups is 1. The molecule has 0 amide bonds. The van der Waals surface area contributed by atoms with Crippen molar-refractivity contribution in [3.05, 3.63) is 64.4 Å². The van der Waals surface area contributed by atoms with E-state index >= 15 is 0 Å². The van der Waals surface area contributed by atoms with Crippen LogP contribution in [0.1, 0.15) is 22.8 Å². The van der Waals surface area contributed by atoms with Gasteiger partial charge in [0.25, 0.3) is 0 Å². The number of ether oxygens (including phenoxy) is 1. The summed E-state index contributed by atoms with van der Waals surface area (Å²) in [6.07, 6.45) is 0.0740. The van der Waals surface area contributed by atoms with Gasteiger partial charge in [0.15, 0.2) is 5.78 Å². The maximum Gasteiger partial charge on any atom is 0.167 e. The second-order valence-corrected chi connectivity index (χ2v) is 4.65. The summed E-state index contributed by atoms with van der Waals surface area (Å²) in [7, 11) is 0. The Bertz CT molecular complexity index is 608. The van der Waals surface area contributed by atoms with E-state index in [1.54, 1.807) is 36.4 Å². The predicted molar refractivity (Wildman–Crippen MR) is 77.1 cm³/mol. The number of hydrogen-bond donors (Lipinski definition) is 0. The van der Waals surface area contributed by atoms with Crippen LogP contribution in [0.2, 0.25) is 5.02 Å². The number of Topliss-reactive ketones (excluding diaryl/α,β-unsaturated/α-hetero) is 1. The van der Waals surface area contributed by atoms with Crippen molar-refractivity contribution in [1.29, 1.82) is 0 Å². The molecule has 0 N–H and O–H groups in total. The predicted octanol–water partition coefficient (Wildman–Crippen LogP) is 4.30. The molecule has 2 aromatic carbocycles. The van der Waals surface area contributed by atoms with E-state index in [0.29, 0.717) is 23.5 Å². The fourth-order valence-corrected chi connectivity index (χ4v) is 2.06. The molecule has 0 unspecified atom stereocenters. The lowest BCUT2D eigenvalue weighted by Gasteiger charge is -2.06. The highest BCUT2D eigenvalue weighted by Crippen LogP contribution is 2.22. The van der Waals surface area contributed by atoms with Crippen molar-refractivity contribution >= 4 is 17.4 Å². The molecule has 0 bridgehead atoms. The van der Waals surface area contributed by atoms with E-state index in [1.165, 1.54) is 6.07 Å². The zero-order chi connectivity index (χ0) is 14.5. The molecule has 2 rings (SSSR count). The van der Waals surface area contributed by atoms with Gasteiger partial charge in [0.1, 0.15) is 11.6 Å². The molecular weight excluding hydrogens is 279 g/mol. The standard InChI is InChI=1S/C16H14ClFO2/c1-2-20-13-8-6-11(7-9-13)15(19)10-12-4-3-5-14(18)16(12)17/h3-9H,2,10H2,1H3. The van der Waals surface area contributed by atoms with Gasteiger partial charge >= 0.3 is 0 Å². The van der Waals surface area contributed by atoms with E-state index in [0.717, 1.165) is 0 Å². The summed E-state index contributed by atoms with van der Waals surface area (Å²) in [5, 5.41) is 0.00628. The normalized spacial score (nSPS) is 10.3. The van der Waals surface area contributed by atoms with Crippen LogP contribution in [0.4, 0.5) is 4.39 Å². The smallest absolute Gasteiger partial charge is 0.167 e. The highest BCUT2D eigenvalue weighted by atomic mass is 35.5. The van der Waals surface area contributed by atoms with Gasteiger partial charge in [-0.3, -0.25) is 4.79 Å². The third-order valence-electron chi connectivity index (χ3n) is 2.87. The Morgan fingerprint density at radius 2 is 1.90 bits per heavy atom. The lowest BCUT2D eigenvalue weighted by Crippen LogP contribution is -2.04. The average Bonchev–Trinajstić information content (AvgIpc) is 2.45. The Kier molecular flexibility index (Phi) is 4.74. The molecule has 0 heterocycles. The average molecular weight is 293 g/mol. The lowest BCUT2D eigenvalue weighted by atomic mass is 10.0. The summed E-state index contributed by atoms with van der Waals surface area (Å²) in [6.45, 7) is 2.47. The van der Waals surface area contributed by atoms with E-state index in [1.807, 2.05) is 6.92 Å². The van der Waals surface area contributed by atoms with Crippen molar-refractivity contribution in [2.75, 3.05) is 6.61 Å². The van der Waals surface area contributed by atoms with E-state index in [9.17, 15) is 9.18 Å². The monoisotopic (exact) mass is 292 g/mol. The zero-order valence-electron chi connectivity index (χ0n) is 11.0. The third-order valence-corrected chi connectivity index (χ3v) is 3.29. The molecule has 0 radical (unpaired) electrons. The molecule has 0 saturated heterocycles. The van der Waals surface area contributed by atoms with Crippen molar-refractivity contribution in [1.82, 2.24) is 0 Å². The van der Waals surface area contributed by atoms with Gasteiger partial charge in [-0.25, -0.2) is 4.39 Å². The van der Waals surface area contributed by atoms with Gasteiger partial charge in [0, 0.05) is 12.0 Å². The quantitative estimate of drug-likeness (QED) is 0.768. The van der Waals surface area contributed by atoms with E-state index in [2.05, 4.69) is 0 Å². The van der Waals surface area contributed by atoms with Gasteiger partial charge in [0.2, 0.25) is 0 Å². The number of benzene rings is 2. The summed E-state index contributed by atoms with van der Waals surface area (Å²) in [6, 6.07) is 11.3. The van der Waals surface area contributed by atoms with Gasteiger partial charge in [-0.15, -0.1) is 0 Å². The molecule has 0 aromatic heterocycles. The largest absolute Gasteiger partial charge is 0.494 e. The van der Waals surface area contributed by atoms with Gasteiger partial charge in [0.05, 0.1) is 11.6 Å². The van der Waals surface area contributed by atoms with Crippen molar-refractivity contribution < 1.29 is 13.9 Å². The molecule has 104 valence electrons. The van der Waals surface area contributed by atoms with Gasteiger partial charge in [-0.05, 0) is 42.8 Å². The van der Waals surface area contributed by atoms with E-state index < -0.39 is 5.82 Å². The van der Waals surface area contributed by atoms with Gasteiger partial charge in [-0.1, -0.05) is 23.7 Å². The second-order valence-electron chi connectivity index (χ2n) is 4.27. The molecule has 2 nitrogen and oxygen atoms in total. The topological polar surface area (TPSA) is 26.3 Å². The fraction of sp³-hybridized carbons (Fsp3) is 0.188. The highest BCUT2D eigenvalue weighted by Gasteiger charge is 2.12. The first-order valence-corrected chi connectivity index (χ1v) is 6.68. The molecule has 2 aromatic rings. The van der Waals surface area contributed by atoms with Crippen molar-refractivity contribution in [2.45, 2.75) is 13.3 Å². The minimum atomic E-state index is -0.510. The Labute approximate surface area is 122 Å². The van der Waals surface area contributed by atoms with E-state index in [-0.39, 0.29) is 17.2 Å². The number of halogens is 2. The van der Waals surface area contributed by atoms with Crippen LogP contribution >= 0.6 is 11.6 Å². The Morgan fingerprint density at radius 1 is 1.20 bits per heavy atom. The van der Waals surface area contributed by atoms with Crippen LogP contribution in [0, 0.1) is 5.82 Å². The number of hydrogen-bond acceptors (Lipinski definition) is 2. The zero-order valence-corrected chi connectivity index (χ0v) is 11.8. The third kappa shape index (κ3) is 3.36. The summed E-state index contributed by atoms with van der Waals surface area (Å²) in [5.41, 5.74) is 1.04. The number of carbonyl (C=O) groups excluding carboxylic acids is 1. The van der Waals surface area contributed by atoms with Crippen LogP contribution in [-0.4, -0.2) is 12.4 Å². The van der Waals surface area contributed by atoms with Crippen LogP contribution in [0.15, 0.2) is 42.5 Å².